The van der Waals surface area contributed by atoms with Crippen molar-refractivity contribution in [1.29, 1.82) is 0 Å². The maximum Gasteiger partial charge on any atom is 0.269 e. The van der Waals surface area contributed by atoms with Gasteiger partial charge in [0.1, 0.15) is 0 Å². The molecule has 1 heterocycles. The molecule has 0 aliphatic heterocycles. The molecule has 0 aliphatic rings. The number of non-ortho nitro benzene ring substituents is 1. The molecule has 0 amide bonds. The van der Waals surface area contributed by atoms with Crippen LogP contribution in [0.5, 0.6) is 0 Å². The number of nitrogens with zero attached hydrogens (tertiary/aromatic N) is 1. The van der Waals surface area contributed by atoms with E-state index in [1.165, 1.54) is 15.8 Å². The van der Waals surface area contributed by atoms with Gasteiger partial charge < -0.3 is 5.32 Å². The molecule has 2 aromatic rings. The van der Waals surface area contributed by atoms with Gasteiger partial charge >= 0.3 is 0 Å². The predicted octanol–water partition coefficient (Wildman–Crippen LogP) is 4.60. The van der Waals surface area contributed by atoms with E-state index in [4.69, 9.17) is 0 Å². The fourth-order valence-electron chi connectivity index (χ4n) is 2.33. The Kier molecular flexibility index (Phi) is 5.47. The molecule has 1 aromatic carbocycles. The van der Waals surface area contributed by atoms with E-state index in [0.717, 1.165) is 24.9 Å². The molecule has 0 spiro atoms. The van der Waals surface area contributed by atoms with Gasteiger partial charge in [-0.2, -0.15) is 0 Å². The summed E-state index contributed by atoms with van der Waals surface area (Å²) in [6.07, 6.45) is 2.00. The van der Waals surface area contributed by atoms with Gasteiger partial charge in [-0.15, -0.1) is 11.3 Å². The highest BCUT2D eigenvalue weighted by molar-refractivity contribution is 7.11. The molecule has 1 atom stereocenters. The molecule has 0 aliphatic carbocycles. The fraction of sp³-hybridized carbons (Fsp3) is 0.375. The summed E-state index contributed by atoms with van der Waals surface area (Å²) in [6, 6.07) is 11.3. The van der Waals surface area contributed by atoms with Crippen LogP contribution in [0, 0.1) is 17.0 Å². The number of thiophene rings is 1. The lowest BCUT2D eigenvalue weighted by molar-refractivity contribution is -0.384. The van der Waals surface area contributed by atoms with Gasteiger partial charge in [-0.25, -0.2) is 0 Å². The van der Waals surface area contributed by atoms with Crippen molar-refractivity contribution in [2.75, 3.05) is 0 Å². The van der Waals surface area contributed by atoms with E-state index in [-0.39, 0.29) is 16.7 Å². The molecule has 1 unspecified atom stereocenters. The molecule has 5 heteroatoms. The van der Waals surface area contributed by atoms with E-state index >= 15 is 0 Å². The average molecular weight is 304 g/mol. The van der Waals surface area contributed by atoms with Crippen LogP contribution in [0.15, 0.2) is 36.4 Å². The third-order valence-corrected chi connectivity index (χ3v) is 4.38. The summed E-state index contributed by atoms with van der Waals surface area (Å²) in [4.78, 5) is 13.2. The molecule has 4 nitrogen and oxygen atoms in total. The smallest absolute Gasteiger partial charge is 0.269 e. The van der Waals surface area contributed by atoms with Gasteiger partial charge in [0.25, 0.3) is 5.69 Å². The van der Waals surface area contributed by atoms with Gasteiger partial charge in [-0.1, -0.05) is 25.5 Å². The zero-order valence-electron chi connectivity index (χ0n) is 12.3. The summed E-state index contributed by atoms with van der Waals surface area (Å²) in [5.41, 5.74) is 1.14. The van der Waals surface area contributed by atoms with E-state index in [2.05, 4.69) is 31.3 Å². The molecule has 0 saturated carbocycles. The van der Waals surface area contributed by atoms with E-state index in [9.17, 15) is 10.1 Å². The normalized spacial score (nSPS) is 12.3. The van der Waals surface area contributed by atoms with E-state index in [1.54, 1.807) is 23.5 Å². The van der Waals surface area contributed by atoms with Crippen molar-refractivity contribution in [2.45, 2.75) is 39.3 Å². The van der Waals surface area contributed by atoms with Crippen LogP contribution in [0.4, 0.5) is 5.69 Å². The van der Waals surface area contributed by atoms with Crippen molar-refractivity contribution in [2.24, 2.45) is 0 Å². The number of hydrogen-bond donors (Lipinski definition) is 1. The molecule has 2 rings (SSSR count). The van der Waals surface area contributed by atoms with Crippen molar-refractivity contribution >= 4 is 17.0 Å². The van der Waals surface area contributed by atoms with Gasteiger partial charge in [-0.05, 0) is 31.0 Å². The van der Waals surface area contributed by atoms with Gasteiger partial charge in [0.05, 0.1) is 4.92 Å². The number of aryl methyl sites for hydroxylation is 1. The standard InChI is InChI=1S/C16H20N2O2S/c1-3-5-16(17-11-15-9-8-12(2)21-15)13-6-4-7-14(10-13)18(19)20/h4,6-10,16-17H,3,5,11H2,1-2H3. The number of nitro groups is 1. The fourth-order valence-corrected chi connectivity index (χ4v) is 3.18. The predicted molar refractivity (Wildman–Crippen MR) is 86.6 cm³/mol. The second-order valence-corrected chi connectivity index (χ2v) is 6.46. The molecule has 1 N–H and O–H groups in total. The first-order chi connectivity index (χ1) is 10.1. The summed E-state index contributed by atoms with van der Waals surface area (Å²) in [6.45, 7) is 5.02. The van der Waals surface area contributed by atoms with E-state index in [0.29, 0.717) is 0 Å². The van der Waals surface area contributed by atoms with Crippen LogP contribution in [0.1, 0.15) is 41.1 Å². The van der Waals surface area contributed by atoms with Gasteiger partial charge in [0, 0.05) is 34.5 Å². The summed E-state index contributed by atoms with van der Waals surface area (Å²) in [5.74, 6) is 0. The first kappa shape index (κ1) is 15.7. The number of nitrogens with one attached hydrogen (secondary N) is 1. The van der Waals surface area contributed by atoms with Crippen LogP contribution in [0.3, 0.4) is 0 Å². The molecular formula is C16H20N2O2S. The van der Waals surface area contributed by atoms with Crippen LogP contribution < -0.4 is 5.32 Å². The molecule has 1 aromatic heterocycles. The van der Waals surface area contributed by atoms with Crippen LogP contribution in [-0.4, -0.2) is 4.92 Å². The summed E-state index contributed by atoms with van der Waals surface area (Å²) in [7, 11) is 0. The van der Waals surface area contributed by atoms with Crippen molar-refractivity contribution < 1.29 is 4.92 Å². The third kappa shape index (κ3) is 4.37. The van der Waals surface area contributed by atoms with Crippen molar-refractivity contribution in [3.05, 3.63) is 61.8 Å². The van der Waals surface area contributed by atoms with Crippen molar-refractivity contribution in [1.82, 2.24) is 5.32 Å². The highest BCUT2D eigenvalue weighted by atomic mass is 32.1. The highest BCUT2D eigenvalue weighted by Crippen LogP contribution is 2.24. The van der Waals surface area contributed by atoms with E-state index < -0.39 is 0 Å². The lowest BCUT2D eigenvalue weighted by Crippen LogP contribution is -2.20. The Hall–Kier alpha value is -1.72. The minimum atomic E-state index is -0.338. The van der Waals surface area contributed by atoms with Crippen LogP contribution in [-0.2, 0) is 6.54 Å². The third-order valence-electron chi connectivity index (χ3n) is 3.38. The molecule has 0 fully saturated rings. The molecule has 0 radical (unpaired) electrons. The quantitative estimate of drug-likeness (QED) is 0.601. The number of benzene rings is 1. The number of hydrogen-bond acceptors (Lipinski definition) is 4. The minimum Gasteiger partial charge on any atom is -0.305 e. The zero-order chi connectivity index (χ0) is 15.2. The topological polar surface area (TPSA) is 55.2 Å². The molecular weight excluding hydrogens is 284 g/mol. The second-order valence-electron chi connectivity index (χ2n) is 5.09. The highest BCUT2D eigenvalue weighted by Gasteiger charge is 2.14. The summed E-state index contributed by atoms with van der Waals surface area (Å²) < 4.78 is 0. The molecule has 112 valence electrons. The van der Waals surface area contributed by atoms with Crippen LogP contribution >= 0.6 is 11.3 Å². The monoisotopic (exact) mass is 304 g/mol. The Morgan fingerprint density at radius 3 is 2.76 bits per heavy atom. The lowest BCUT2D eigenvalue weighted by atomic mass is 10.0. The maximum absolute atomic E-state index is 10.9. The van der Waals surface area contributed by atoms with Crippen LogP contribution in [0.2, 0.25) is 0 Å². The van der Waals surface area contributed by atoms with Crippen molar-refractivity contribution in [3.63, 3.8) is 0 Å². The van der Waals surface area contributed by atoms with Crippen LogP contribution in [0.25, 0.3) is 0 Å². The first-order valence-electron chi connectivity index (χ1n) is 7.13. The van der Waals surface area contributed by atoms with Crippen molar-refractivity contribution in [3.8, 4) is 0 Å². The lowest BCUT2D eigenvalue weighted by Gasteiger charge is -2.18. The zero-order valence-corrected chi connectivity index (χ0v) is 13.2. The van der Waals surface area contributed by atoms with Gasteiger partial charge in [0.2, 0.25) is 0 Å². The summed E-state index contributed by atoms with van der Waals surface area (Å²) >= 11 is 1.78. The Bertz CT molecular complexity index is 610. The Balaban J connectivity index is 2.10. The number of rotatable bonds is 7. The maximum atomic E-state index is 10.9. The number of nitro benzene ring substituents is 1. The minimum absolute atomic E-state index is 0.150. The first-order valence-corrected chi connectivity index (χ1v) is 7.95. The Morgan fingerprint density at radius 2 is 2.14 bits per heavy atom. The largest absolute Gasteiger partial charge is 0.305 e. The Morgan fingerprint density at radius 1 is 1.33 bits per heavy atom. The second kappa shape index (κ2) is 7.33. The Labute approximate surface area is 129 Å². The molecule has 0 saturated heterocycles. The average Bonchev–Trinajstić information content (AvgIpc) is 2.89. The van der Waals surface area contributed by atoms with Gasteiger partial charge in [-0.3, -0.25) is 10.1 Å². The molecule has 0 bridgehead atoms. The van der Waals surface area contributed by atoms with Gasteiger partial charge in [0.15, 0.2) is 0 Å². The summed E-state index contributed by atoms with van der Waals surface area (Å²) in [5, 5.41) is 14.4. The van der Waals surface area contributed by atoms with E-state index in [1.807, 2.05) is 6.07 Å². The molecule has 21 heavy (non-hydrogen) atoms. The SMILES string of the molecule is CCCC(NCc1ccc(C)s1)c1cccc([N+](=O)[O-])c1.